The molecule has 96 valence electrons. The molecule has 1 saturated heterocycles. The Morgan fingerprint density at radius 2 is 1.75 bits per heavy atom. The van der Waals surface area contributed by atoms with Crippen molar-refractivity contribution in [3.63, 3.8) is 0 Å². The Labute approximate surface area is 99.7 Å². The number of piperazine rings is 1. The highest BCUT2D eigenvalue weighted by Gasteiger charge is 2.26. The first-order valence-electron chi connectivity index (χ1n) is 6.17. The summed E-state index contributed by atoms with van der Waals surface area (Å²) in [6.45, 7) is 12.9. The molecular weight excluding hydrogens is 202 g/mol. The van der Waals surface area contributed by atoms with Crippen LogP contribution in [0.3, 0.4) is 0 Å². The second-order valence-electron chi connectivity index (χ2n) is 5.55. The van der Waals surface area contributed by atoms with E-state index in [1.54, 1.807) is 7.11 Å². The van der Waals surface area contributed by atoms with Crippen LogP contribution in [0.2, 0.25) is 0 Å². The van der Waals surface area contributed by atoms with E-state index in [9.17, 15) is 0 Å². The molecule has 1 fully saturated rings. The molecule has 4 nitrogen and oxygen atoms in total. The summed E-state index contributed by atoms with van der Waals surface area (Å²) in [5, 5.41) is 0. The maximum atomic E-state index is 5.63. The van der Waals surface area contributed by atoms with Gasteiger partial charge >= 0.3 is 0 Å². The summed E-state index contributed by atoms with van der Waals surface area (Å²) in [7, 11) is 1.74. The van der Waals surface area contributed by atoms with Gasteiger partial charge in [0.15, 0.2) is 0 Å². The minimum absolute atomic E-state index is 0.182. The normalized spacial score (nSPS) is 22.3. The van der Waals surface area contributed by atoms with Crippen LogP contribution in [0, 0.1) is 0 Å². The van der Waals surface area contributed by atoms with Gasteiger partial charge in [-0.05, 0) is 20.8 Å². The molecule has 0 radical (unpaired) electrons. The van der Waals surface area contributed by atoms with Crippen LogP contribution in [0.25, 0.3) is 0 Å². The van der Waals surface area contributed by atoms with E-state index in [0.29, 0.717) is 12.1 Å². The fraction of sp³-hybridized carbons (Fsp3) is 1.00. The quantitative estimate of drug-likeness (QED) is 0.756. The fourth-order valence-corrected chi connectivity index (χ4v) is 2.13. The standard InChI is InChI=1S/C12H27N3O/c1-12(2,3)15-7-5-14(6-8-15)10-11(9-13)16-4/h11H,5-10,13H2,1-4H3. The maximum Gasteiger partial charge on any atom is 0.0820 e. The van der Waals surface area contributed by atoms with Crippen molar-refractivity contribution in [2.24, 2.45) is 5.73 Å². The second kappa shape index (κ2) is 5.96. The third-order valence-electron chi connectivity index (χ3n) is 3.38. The number of ether oxygens (including phenoxy) is 1. The zero-order valence-electron chi connectivity index (χ0n) is 11.2. The number of hydrogen-bond donors (Lipinski definition) is 1. The highest BCUT2D eigenvalue weighted by Crippen LogP contribution is 2.15. The van der Waals surface area contributed by atoms with Crippen LogP contribution in [0.4, 0.5) is 0 Å². The molecule has 0 amide bonds. The van der Waals surface area contributed by atoms with Crippen LogP contribution in [0.15, 0.2) is 0 Å². The van der Waals surface area contributed by atoms with E-state index in [1.807, 2.05) is 0 Å². The first-order chi connectivity index (χ1) is 7.47. The van der Waals surface area contributed by atoms with Crippen molar-refractivity contribution in [3.05, 3.63) is 0 Å². The van der Waals surface area contributed by atoms with E-state index in [2.05, 4.69) is 30.6 Å². The van der Waals surface area contributed by atoms with Gasteiger partial charge in [0.1, 0.15) is 0 Å². The molecule has 1 aliphatic heterocycles. The number of methoxy groups -OCH3 is 1. The Kier molecular flexibility index (Phi) is 5.18. The van der Waals surface area contributed by atoms with Gasteiger partial charge < -0.3 is 10.5 Å². The van der Waals surface area contributed by atoms with Crippen LogP contribution >= 0.6 is 0 Å². The molecule has 1 heterocycles. The fourth-order valence-electron chi connectivity index (χ4n) is 2.13. The van der Waals surface area contributed by atoms with Gasteiger partial charge in [-0.2, -0.15) is 0 Å². The first kappa shape index (κ1) is 13.9. The van der Waals surface area contributed by atoms with Gasteiger partial charge in [0.25, 0.3) is 0 Å². The minimum Gasteiger partial charge on any atom is -0.379 e. The Hall–Kier alpha value is -0.160. The molecule has 0 saturated carbocycles. The van der Waals surface area contributed by atoms with Gasteiger partial charge in [0, 0.05) is 51.9 Å². The van der Waals surface area contributed by atoms with Crippen molar-refractivity contribution in [1.29, 1.82) is 0 Å². The van der Waals surface area contributed by atoms with Gasteiger partial charge in [-0.25, -0.2) is 0 Å². The lowest BCUT2D eigenvalue weighted by molar-refractivity contribution is 0.0240. The van der Waals surface area contributed by atoms with E-state index < -0.39 is 0 Å². The summed E-state index contributed by atoms with van der Waals surface area (Å²) in [6.07, 6.45) is 0.182. The Balaban J connectivity index is 2.32. The summed E-state index contributed by atoms with van der Waals surface area (Å²) < 4.78 is 5.32. The highest BCUT2D eigenvalue weighted by atomic mass is 16.5. The molecule has 0 spiro atoms. The summed E-state index contributed by atoms with van der Waals surface area (Å²) in [5.41, 5.74) is 5.93. The van der Waals surface area contributed by atoms with Crippen molar-refractivity contribution in [3.8, 4) is 0 Å². The predicted octanol–water partition coefficient (Wildman–Crippen LogP) is 0.376. The van der Waals surface area contributed by atoms with E-state index in [0.717, 1.165) is 32.7 Å². The summed E-state index contributed by atoms with van der Waals surface area (Å²) in [6, 6.07) is 0. The molecule has 0 aromatic carbocycles. The van der Waals surface area contributed by atoms with Gasteiger partial charge in [-0.3, -0.25) is 9.80 Å². The predicted molar refractivity (Wildman–Crippen MR) is 67.6 cm³/mol. The lowest BCUT2D eigenvalue weighted by Gasteiger charge is -2.42. The lowest BCUT2D eigenvalue weighted by atomic mass is 10.0. The van der Waals surface area contributed by atoms with Gasteiger partial charge in [-0.15, -0.1) is 0 Å². The second-order valence-corrected chi connectivity index (χ2v) is 5.55. The molecule has 1 atom stereocenters. The van der Waals surface area contributed by atoms with Crippen LogP contribution in [0.5, 0.6) is 0 Å². The van der Waals surface area contributed by atoms with Crippen LogP contribution < -0.4 is 5.73 Å². The van der Waals surface area contributed by atoms with Gasteiger partial charge in [0.2, 0.25) is 0 Å². The van der Waals surface area contributed by atoms with E-state index in [1.165, 1.54) is 0 Å². The van der Waals surface area contributed by atoms with E-state index in [-0.39, 0.29) is 6.10 Å². The van der Waals surface area contributed by atoms with Gasteiger partial charge in [-0.1, -0.05) is 0 Å². The SMILES string of the molecule is COC(CN)CN1CCN(C(C)(C)C)CC1. The molecule has 2 N–H and O–H groups in total. The molecule has 4 heteroatoms. The monoisotopic (exact) mass is 229 g/mol. The zero-order valence-corrected chi connectivity index (χ0v) is 11.2. The van der Waals surface area contributed by atoms with Crippen molar-refractivity contribution < 1.29 is 4.74 Å². The Bertz CT molecular complexity index is 191. The molecule has 1 unspecified atom stereocenters. The average molecular weight is 229 g/mol. The van der Waals surface area contributed by atoms with Crippen LogP contribution in [-0.4, -0.2) is 67.8 Å². The topological polar surface area (TPSA) is 41.7 Å². The van der Waals surface area contributed by atoms with E-state index >= 15 is 0 Å². The molecular formula is C12H27N3O. The first-order valence-corrected chi connectivity index (χ1v) is 6.17. The molecule has 0 aliphatic carbocycles. The van der Waals surface area contributed by atoms with Crippen LogP contribution in [-0.2, 0) is 4.74 Å². The Morgan fingerprint density at radius 1 is 1.19 bits per heavy atom. The Morgan fingerprint density at radius 3 is 2.12 bits per heavy atom. The number of hydrogen-bond acceptors (Lipinski definition) is 4. The molecule has 0 aromatic rings. The molecule has 16 heavy (non-hydrogen) atoms. The smallest absolute Gasteiger partial charge is 0.0820 e. The molecule has 0 bridgehead atoms. The minimum atomic E-state index is 0.182. The van der Waals surface area contributed by atoms with Crippen molar-refractivity contribution >= 4 is 0 Å². The number of nitrogens with zero attached hydrogens (tertiary/aromatic N) is 2. The van der Waals surface area contributed by atoms with Crippen molar-refractivity contribution in [1.82, 2.24) is 9.80 Å². The largest absolute Gasteiger partial charge is 0.379 e. The maximum absolute atomic E-state index is 5.63. The third-order valence-corrected chi connectivity index (χ3v) is 3.38. The summed E-state index contributed by atoms with van der Waals surface area (Å²) in [4.78, 5) is 4.98. The average Bonchev–Trinajstić information content (AvgIpc) is 2.25. The van der Waals surface area contributed by atoms with Gasteiger partial charge in [0.05, 0.1) is 6.10 Å². The summed E-state index contributed by atoms with van der Waals surface area (Å²) >= 11 is 0. The summed E-state index contributed by atoms with van der Waals surface area (Å²) in [5.74, 6) is 0. The van der Waals surface area contributed by atoms with Crippen molar-refractivity contribution in [2.75, 3.05) is 46.4 Å². The number of nitrogens with two attached hydrogens (primary N) is 1. The van der Waals surface area contributed by atoms with Crippen LogP contribution in [0.1, 0.15) is 20.8 Å². The third kappa shape index (κ3) is 4.01. The number of rotatable bonds is 4. The molecule has 1 rings (SSSR count). The lowest BCUT2D eigenvalue weighted by Crippen LogP contribution is -2.55. The molecule has 1 aliphatic rings. The van der Waals surface area contributed by atoms with Crippen molar-refractivity contribution in [2.45, 2.75) is 32.4 Å². The van der Waals surface area contributed by atoms with E-state index in [4.69, 9.17) is 10.5 Å². The molecule has 0 aromatic heterocycles. The zero-order chi connectivity index (χ0) is 12.2. The highest BCUT2D eigenvalue weighted by molar-refractivity contribution is 4.82.